The Morgan fingerprint density at radius 1 is 1.44 bits per heavy atom. The third-order valence-electron chi connectivity index (χ3n) is 3.04. The molecule has 2 N–H and O–H groups in total. The highest BCUT2D eigenvalue weighted by Gasteiger charge is 2.38. The van der Waals surface area contributed by atoms with E-state index in [2.05, 4.69) is 0 Å². The van der Waals surface area contributed by atoms with Gasteiger partial charge in [-0.1, -0.05) is 6.07 Å². The van der Waals surface area contributed by atoms with Crippen molar-refractivity contribution in [3.63, 3.8) is 0 Å². The minimum absolute atomic E-state index is 0.0289. The first-order valence-corrected chi connectivity index (χ1v) is 7.39. The van der Waals surface area contributed by atoms with Crippen molar-refractivity contribution in [1.29, 1.82) is 0 Å². The van der Waals surface area contributed by atoms with Gasteiger partial charge in [0.1, 0.15) is 5.82 Å². The summed E-state index contributed by atoms with van der Waals surface area (Å²) in [4.78, 5) is 0.0443. The molecule has 0 saturated heterocycles. The van der Waals surface area contributed by atoms with E-state index in [-0.39, 0.29) is 24.0 Å². The largest absolute Gasteiger partial charge is 0.329 e. The zero-order valence-corrected chi connectivity index (χ0v) is 11.1. The van der Waals surface area contributed by atoms with Gasteiger partial charge in [-0.15, -0.1) is 0 Å². The summed E-state index contributed by atoms with van der Waals surface area (Å²) in [7, 11) is -3.64. The lowest BCUT2D eigenvalue weighted by Crippen LogP contribution is -2.37. The van der Waals surface area contributed by atoms with Crippen LogP contribution in [0.15, 0.2) is 23.1 Å². The highest BCUT2D eigenvalue weighted by molar-refractivity contribution is 7.89. The predicted molar refractivity (Wildman–Crippen MR) is 67.1 cm³/mol. The summed E-state index contributed by atoms with van der Waals surface area (Å²) in [6.45, 7) is 2.22. The molecule has 1 aliphatic carbocycles. The number of nitrogens with two attached hydrogens (primary N) is 1. The van der Waals surface area contributed by atoms with Crippen molar-refractivity contribution < 1.29 is 12.8 Å². The molecule has 0 aromatic heterocycles. The summed E-state index contributed by atoms with van der Waals surface area (Å²) in [5.41, 5.74) is 6.01. The first-order chi connectivity index (χ1) is 8.46. The fraction of sp³-hybridized carbons (Fsp3) is 0.500. The van der Waals surface area contributed by atoms with Gasteiger partial charge in [0.15, 0.2) is 0 Å². The Balaban J connectivity index is 2.42. The summed E-state index contributed by atoms with van der Waals surface area (Å²) in [5.74, 6) is -0.539. The molecule has 0 radical (unpaired) electrons. The maximum Gasteiger partial charge on any atom is 0.243 e. The Labute approximate surface area is 107 Å². The Bertz CT molecular complexity index is 541. The SMILES string of the molecule is Cc1ccc(F)cc1S(=O)(=O)N(CCN)C1CC1. The van der Waals surface area contributed by atoms with E-state index in [9.17, 15) is 12.8 Å². The van der Waals surface area contributed by atoms with Crippen LogP contribution in [-0.4, -0.2) is 31.9 Å². The highest BCUT2D eigenvalue weighted by Crippen LogP contribution is 2.32. The van der Waals surface area contributed by atoms with Crippen molar-refractivity contribution >= 4 is 10.0 Å². The molecule has 100 valence electrons. The minimum atomic E-state index is -3.64. The lowest BCUT2D eigenvalue weighted by atomic mass is 10.2. The summed E-state index contributed by atoms with van der Waals surface area (Å²) in [6, 6.07) is 3.85. The van der Waals surface area contributed by atoms with E-state index in [0.29, 0.717) is 5.56 Å². The van der Waals surface area contributed by atoms with Crippen LogP contribution in [0.1, 0.15) is 18.4 Å². The number of rotatable bonds is 5. The number of nitrogens with zero attached hydrogens (tertiary/aromatic N) is 1. The lowest BCUT2D eigenvalue weighted by molar-refractivity contribution is 0.411. The molecule has 1 fully saturated rings. The van der Waals surface area contributed by atoms with Crippen LogP contribution in [0.5, 0.6) is 0 Å². The van der Waals surface area contributed by atoms with Crippen molar-refractivity contribution in [3.05, 3.63) is 29.6 Å². The summed E-state index contributed by atoms with van der Waals surface area (Å²) < 4.78 is 39.6. The quantitative estimate of drug-likeness (QED) is 0.877. The second kappa shape index (κ2) is 4.95. The molecule has 0 unspecified atom stereocenters. The van der Waals surface area contributed by atoms with E-state index in [1.54, 1.807) is 6.92 Å². The average Bonchev–Trinajstić information content (AvgIpc) is 3.13. The fourth-order valence-corrected chi connectivity index (χ4v) is 3.91. The van der Waals surface area contributed by atoms with E-state index in [1.165, 1.54) is 16.4 Å². The van der Waals surface area contributed by atoms with Crippen molar-refractivity contribution in [3.8, 4) is 0 Å². The molecule has 1 aliphatic rings. The Hall–Kier alpha value is -0.980. The first-order valence-electron chi connectivity index (χ1n) is 5.95. The predicted octanol–water partition coefficient (Wildman–Crippen LogP) is 1.25. The highest BCUT2D eigenvalue weighted by atomic mass is 32.2. The molecule has 4 nitrogen and oxygen atoms in total. The van der Waals surface area contributed by atoms with Crippen LogP contribution < -0.4 is 5.73 Å². The van der Waals surface area contributed by atoms with Crippen LogP contribution in [0.2, 0.25) is 0 Å². The third-order valence-corrected chi connectivity index (χ3v) is 5.13. The molecule has 2 rings (SSSR count). The Morgan fingerprint density at radius 3 is 2.67 bits per heavy atom. The standard InChI is InChI=1S/C12H17FN2O2S/c1-9-2-3-10(13)8-12(9)18(16,17)15(7-6-14)11-4-5-11/h2-3,8,11H,4-7,14H2,1H3. The van der Waals surface area contributed by atoms with Crippen molar-refractivity contribution in [2.24, 2.45) is 5.73 Å². The van der Waals surface area contributed by atoms with Gasteiger partial charge in [-0.3, -0.25) is 0 Å². The van der Waals surface area contributed by atoms with Crippen molar-refractivity contribution in [2.45, 2.75) is 30.7 Å². The lowest BCUT2D eigenvalue weighted by Gasteiger charge is -2.22. The van der Waals surface area contributed by atoms with Crippen LogP contribution >= 0.6 is 0 Å². The Kier molecular flexibility index (Phi) is 3.70. The molecule has 0 spiro atoms. The number of aryl methyl sites for hydroxylation is 1. The number of benzene rings is 1. The minimum Gasteiger partial charge on any atom is -0.329 e. The molecule has 18 heavy (non-hydrogen) atoms. The van der Waals surface area contributed by atoms with E-state index in [1.807, 2.05) is 0 Å². The van der Waals surface area contributed by atoms with Gasteiger partial charge in [0.05, 0.1) is 4.90 Å². The van der Waals surface area contributed by atoms with Crippen LogP contribution in [0.4, 0.5) is 4.39 Å². The summed E-state index contributed by atoms with van der Waals surface area (Å²) >= 11 is 0. The number of halogens is 1. The molecule has 1 aromatic carbocycles. The third kappa shape index (κ3) is 2.55. The van der Waals surface area contributed by atoms with Gasteiger partial charge in [-0.2, -0.15) is 4.31 Å². The number of sulfonamides is 1. The van der Waals surface area contributed by atoms with Crippen LogP contribution in [-0.2, 0) is 10.0 Å². The molecule has 0 bridgehead atoms. The fourth-order valence-electron chi connectivity index (χ4n) is 1.97. The summed E-state index contributed by atoms with van der Waals surface area (Å²) in [6.07, 6.45) is 1.71. The molecular formula is C12H17FN2O2S. The topological polar surface area (TPSA) is 63.4 Å². The zero-order valence-electron chi connectivity index (χ0n) is 10.3. The maximum atomic E-state index is 13.2. The van der Waals surface area contributed by atoms with Gasteiger partial charge in [-0.05, 0) is 37.5 Å². The summed E-state index contributed by atoms with van der Waals surface area (Å²) in [5, 5.41) is 0. The second-order valence-electron chi connectivity index (χ2n) is 4.55. The molecule has 0 aliphatic heterocycles. The molecule has 0 amide bonds. The molecule has 6 heteroatoms. The monoisotopic (exact) mass is 272 g/mol. The van der Waals surface area contributed by atoms with Gasteiger partial charge >= 0.3 is 0 Å². The second-order valence-corrected chi connectivity index (χ2v) is 6.40. The number of hydrogen-bond acceptors (Lipinski definition) is 3. The van der Waals surface area contributed by atoms with Crippen LogP contribution in [0.25, 0.3) is 0 Å². The number of hydrogen-bond donors (Lipinski definition) is 1. The maximum absolute atomic E-state index is 13.2. The average molecular weight is 272 g/mol. The van der Waals surface area contributed by atoms with E-state index in [4.69, 9.17) is 5.73 Å². The van der Waals surface area contributed by atoms with Crippen LogP contribution in [0, 0.1) is 12.7 Å². The molecular weight excluding hydrogens is 255 g/mol. The van der Waals surface area contributed by atoms with E-state index >= 15 is 0 Å². The van der Waals surface area contributed by atoms with E-state index in [0.717, 1.165) is 18.9 Å². The van der Waals surface area contributed by atoms with Crippen LogP contribution in [0.3, 0.4) is 0 Å². The zero-order chi connectivity index (χ0) is 13.3. The molecule has 0 heterocycles. The van der Waals surface area contributed by atoms with Gasteiger partial charge in [0.2, 0.25) is 10.0 Å². The first kappa shape index (κ1) is 13.5. The molecule has 1 aromatic rings. The van der Waals surface area contributed by atoms with Gasteiger partial charge in [0.25, 0.3) is 0 Å². The van der Waals surface area contributed by atoms with Gasteiger partial charge in [-0.25, -0.2) is 12.8 Å². The Morgan fingerprint density at radius 2 is 2.11 bits per heavy atom. The van der Waals surface area contributed by atoms with Gasteiger partial charge in [0, 0.05) is 19.1 Å². The van der Waals surface area contributed by atoms with Crippen molar-refractivity contribution in [2.75, 3.05) is 13.1 Å². The normalized spacial score (nSPS) is 16.2. The molecule has 0 atom stereocenters. The van der Waals surface area contributed by atoms with Crippen molar-refractivity contribution in [1.82, 2.24) is 4.31 Å². The van der Waals surface area contributed by atoms with Gasteiger partial charge < -0.3 is 5.73 Å². The smallest absolute Gasteiger partial charge is 0.243 e. The molecule has 1 saturated carbocycles. The van der Waals surface area contributed by atoms with E-state index < -0.39 is 15.8 Å².